The van der Waals surface area contributed by atoms with Gasteiger partial charge >= 0.3 is 5.97 Å². The molecule has 4 rings (SSSR count). The number of amides is 2. The first-order chi connectivity index (χ1) is 16.3. The van der Waals surface area contributed by atoms with E-state index in [4.69, 9.17) is 16.3 Å². The highest BCUT2D eigenvalue weighted by atomic mass is 35.5. The third-order valence-corrected chi connectivity index (χ3v) is 6.13. The number of ether oxygens (including phenoxy) is 1. The number of imide groups is 1. The van der Waals surface area contributed by atoms with Gasteiger partial charge in [0.15, 0.2) is 0 Å². The summed E-state index contributed by atoms with van der Waals surface area (Å²) in [5, 5.41) is 2.72. The number of carbonyl (C=O) groups excluding carboxylic acids is 3. The average Bonchev–Trinajstić information content (AvgIpc) is 3.05. The second-order valence-corrected chi connectivity index (χ2v) is 8.32. The predicted octanol–water partition coefficient (Wildman–Crippen LogP) is 5.52. The lowest BCUT2D eigenvalue weighted by molar-refractivity contribution is -0.120. The molecule has 7 heteroatoms. The van der Waals surface area contributed by atoms with Crippen molar-refractivity contribution in [2.45, 2.75) is 27.2 Å². The Morgan fingerprint density at radius 2 is 1.62 bits per heavy atom. The van der Waals surface area contributed by atoms with Gasteiger partial charge < -0.3 is 10.1 Å². The Morgan fingerprint density at radius 3 is 2.26 bits per heavy atom. The maximum absolute atomic E-state index is 12.9. The van der Waals surface area contributed by atoms with E-state index < -0.39 is 17.8 Å². The van der Waals surface area contributed by atoms with E-state index >= 15 is 0 Å². The van der Waals surface area contributed by atoms with Crippen LogP contribution < -0.4 is 15.0 Å². The molecule has 0 atom stereocenters. The molecule has 34 heavy (non-hydrogen) atoms. The van der Waals surface area contributed by atoms with Gasteiger partial charge in [0, 0.05) is 5.69 Å². The van der Waals surface area contributed by atoms with E-state index in [9.17, 15) is 14.4 Å². The molecule has 3 aromatic rings. The van der Waals surface area contributed by atoms with E-state index in [2.05, 4.69) is 5.32 Å². The van der Waals surface area contributed by atoms with Gasteiger partial charge in [-0.05, 0) is 79.4 Å². The molecule has 1 N–H and O–H groups in total. The fraction of sp³-hybridized carbons (Fsp3) is 0.148. The van der Waals surface area contributed by atoms with Crippen molar-refractivity contribution in [3.8, 4) is 5.75 Å². The number of esters is 1. The average molecular weight is 475 g/mol. The zero-order valence-electron chi connectivity index (χ0n) is 19.0. The number of nitrogens with zero attached hydrogens (tertiary/aromatic N) is 1. The van der Waals surface area contributed by atoms with Crippen LogP contribution in [0.1, 0.15) is 34.0 Å². The van der Waals surface area contributed by atoms with Crippen LogP contribution in [0.4, 0.5) is 11.4 Å². The quantitative estimate of drug-likeness (QED) is 0.289. The second kappa shape index (κ2) is 9.53. The number of nitrogens with one attached hydrogen (secondary N) is 1. The van der Waals surface area contributed by atoms with Crippen molar-refractivity contribution in [1.29, 1.82) is 0 Å². The maximum atomic E-state index is 12.9. The SMILES string of the molecule is CCc1ccc(N2C(=O)C(Cl)=C(Nc3ccc(C(=O)Oc4cccc(C)c4C)cc3)C2=O)cc1. The topological polar surface area (TPSA) is 75.7 Å². The first-order valence-electron chi connectivity index (χ1n) is 10.8. The molecule has 0 saturated carbocycles. The van der Waals surface area contributed by atoms with E-state index in [0.29, 0.717) is 22.7 Å². The number of rotatable bonds is 6. The summed E-state index contributed by atoms with van der Waals surface area (Å²) in [5.74, 6) is -1.12. The number of hydrogen-bond acceptors (Lipinski definition) is 5. The normalized spacial score (nSPS) is 13.5. The van der Waals surface area contributed by atoms with Gasteiger partial charge in [0.05, 0.1) is 11.3 Å². The summed E-state index contributed by atoms with van der Waals surface area (Å²) in [4.78, 5) is 39.2. The van der Waals surface area contributed by atoms with Crippen LogP contribution in [0.2, 0.25) is 0 Å². The summed E-state index contributed by atoms with van der Waals surface area (Å²) in [6, 6.07) is 19.1. The molecule has 1 heterocycles. The van der Waals surface area contributed by atoms with Crippen LogP contribution in [-0.4, -0.2) is 17.8 Å². The molecule has 172 valence electrons. The first kappa shape index (κ1) is 23.3. The summed E-state index contributed by atoms with van der Waals surface area (Å²) in [7, 11) is 0. The van der Waals surface area contributed by atoms with Crippen LogP contribution in [0, 0.1) is 13.8 Å². The molecule has 0 aromatic heterocycles. The zero-order valence-corrected chi connectivity index (χ0v) is 19.8. The van der Waals surface area contributed by atoms with Crippen LogP contribution in [0.3, 0.4) is 0 Å². The van der Waals surface area contributed by atoms with Crippen molar-refractivity contribution in [1.82, 2.24) is 0 Å². The van der Waals surface area contributed by atoms with Crippen LogP contribution in [0.25, 0.3) is 0 Å². The monoisotopic (exact) mass is 474 g/mol. The standard InChI is InChI=1S/C27H23ClN2O4/c1-4-18-8-14-21(15-9-18)30-25(31)23(28)24(26(30)32)29-20-12-10-19(11-13-20)27(33)34-22-7-5-6-16(2)17(22)3/h5-15,29H,4H2,1-3H3. The van der Waals surface area contributed by atoms with Crippen molar-refractivity contribution in [3.05, 3.63) is 99.7 Å². The lowest BCUT2D eigenvalue weighted by atomic mass is 10.1. The van der Waals surface area contributed by atoms with E-state index in [1.807, 2.05) is 45.0 Å². The van der Waals surface area contributed by atoms with Crippen LogP contribution >= 0.6 is 11.6 Å². The van der Waals surface area contributed by atoms with Gasteiger partial charge in [0.25, 0.3) is 11.8 Å². The van der Waals surface area contributed by atoms with Crippen molar-refractivity contribution in [2.24, 2.45) is 0 Å². The predicted molar refractivity (Wildman–Crippen MR) is 132 cm³/mol. The fourth-order valence-electron chi connectivity index (χ4n) is 3.55. The lowest BCUT2D eigenvalue weighted by Crippen LogP contribution is -2.32. The van der Waals surface area contributed by atoms with Gasteiger partial charge in [0.2, 0.25) is 0 Å². The van der Waals surface area contributed by atoms with Gasteiger partial charge in [-0.15, -0.1) is 0 Å². The molecular formula is C27H23ClN2O4. The number of aryl methyl sites for hydroxylation is 2. The molecule has 0 fully saturated rings. The third-order valence-electron chi connectivity index (χ3n) is 5.78. The Labute approximate surface area is 202 Å². The largest absolute Gasteiger partial charge is 0.423 e. The first-order valence-corrected chi connectivity index (χ1v) is 11.2. The summed E-state index contributed by atoms with van der Waals surface area (Å²) >= 11 is 6.21. The van der Waals surface area contributed by atoms with E-state index in [1.54, 1.807) is 42.5 Å². The molecular weight excluding hydrogens is 452 g/mol. The molecule has 0 saturated heterocycles. The van der Waals surface area contributed by atoms with E-state index in [1.165, 1.54) is 0 Å². The molecule has 0 radical (unpaired) electrons. The maximum Gasteiger partial charge on any atom is 0.343 e. The molecule has 0 unspecified atom stereocenters. The molecule has 0 spiro atoms. The van der Waals surface area contributed by atoms with E-state index in [0.717, 1.165) is 28.0 Å². The van der Waals surface area contributed by atoms with Crippen molar-refractivity contribution >= 4 is 40.8 Å². The number of benzene rings is 3. The van der Waals surface area contributed by atoms with Crippen LogP contribution in [0.5, 0.6) is 5.75 Å². The molecule has 0 aliphatic carbocycles. The Hall–Kier alpha value is -3.90. The minimum absolute atomic E-state index is 0.0167. The highest BCUT2D eigenvalue weighted by Gasteiger charge is 2.38. The van der Waals surface area contributed by atoms with Gasteiger partial charge in [-0.1, -0.05) is 42.8 Å². The molecule has 0 bridgehead atoms. The third kappa shape index (κ3) is 4.45. The molecule has 3 aromatic carbocycles. The Balaban J connectivity index is 1.48. The minimum atomic E-state index is -0.591. The van der Waals surface area contributed by atoms with Crippen LogP contribution in [-0.2, 0) is 16.0 Å². The molecule has 1 aliphatic heterocycles. The van der Waals surface area contributed by atoms with Crippen molar-refractivity contribution in [3.63, 3.8) is 0 Å². The highest BCUT2D eigenvalue weighted by Crippen LogP contribution is 2.30. The Bertz CT molecular complexity index is 1310. The number of anilines is 2. The van der Waals surface area contributed by atoms with Gasteiger partial charge in [-0.3, -0.25) is 9.59 Å². The summed E-state index contributed by atoms with van der Waals surface area (Å²) in [6.45, 7) is 5.86. The van der Waals surface area contributed by atoms with Gasteiger partial charge in [-0.2, -0.15) is 0 Å². The van der Waals surface area contributed by atoms with E-state index in [-0.39, 0.29) is 10.7 Å². The summed E-state index contributed by atoms with van der Waals surface area (Å²) < 4.78 is 5.52. The smallest absolute Gasteiger partial charge is 0.343 e. The molecule has 1 aliphatic rings. The minimum Gasteiger partial charge on any atom is -0.423 e. The Kier molecular flexibility index (Phi) is 6.52. The number of halogens is 1. The zero-order chi connectivity index (χ0) is 24.4. The highest BCUT2D eigenvalue weighted by molar-refractivity contribution is 6.53. The van der Waals surface area contributed by atoms with Gasteiger partial charge in [0.1, 0.15) is 16.5 Å². The summed E-state index contributed by atoms with van der Waals surface area (Å²) in [5.41, 5.74) is 4.30. The molecule has 2 amide bonds. The number of hydrogen-bond donors (Lipinski definition) is 1. The lowest BCUT2D eigenvalue weighted by Gasteiger charge is -2.15. The Morgan fingerprint density at radius 1 is 0.941 bits per heavy atom. The molecule has 6 nitrogen and oxygen atoms in total. The fourth-order valence-corrected chi connectivity index (χ4v) is 3.77. The van der Waals surface area contributed by atoms with Crippen LogP contribution in [0.15, 0.2) is 77.5 Å². The van der Waals surface area contributed by atoms with Crippen molar-refractivity contribution in [2.75, 3.05) is 10.2 Å². The second-order valence-electron chi connectivity index (χ2n) is 7.94. The summed E-state index contributed by atoms with van der Waals surface area (Å²) in [6.07, 6.45) is 0.849. The van der Waals surface area contributed by atoms with Gasteiger partial charge in [-0.25, -0.2) is 9.69 Å². The number of carbonyl (C=O) groups is 3. The van der Waals surface area contributed by atoms with Crippen molar-refractivity contribution < 1.29 is 19.1 Å².